The summed E-state index contributed by atoms with van der Waals surface area (Å²) in [5, 5.41) is 10.2. The lowest BCUT2D eigenvalue weighted by Gasteiger charge is -2.32. The molecule has 4 aromatic heterocycles. The molecule has 0 saturated carbocycles. The van der Waals surface area contributed by atoms with Gasteiger partial charge in [-0.25, -0.2) is 14.6 Å². The van der Waals surface area contributed by atoms with Gasteiger partial charge in [-0.05, 0) is 37.1 Å². The minimum Gasteiger partial charge on any atom is -0.383 e. The summed E-state index contributed by atoms with van der Waals surface area (Å²) >= 11 is 1.31. The lowest BCUT2D eigenvalue weighted by atomic mass is 10.1. The maximum atomic E-state index is 12.7. The lowest BCUT2D eigenvalue weighted by Crippen LogP contribution is -2.40. The normalized spacial score (nSPS) is 15.9. The zero-order chi connectivity index (χ0) is 23.7. The predicted octanol–water partition coefficient (Wildman–Crippen LogP) is 3.13. The molecule has 0 spiro atoms. The largest absolute Gasteiger partial charge is 0.383 e. The summed E-state index contributed by atoms with van der Waals surface area (Å²) < 4.78 is 1.83. The van der Waals surface area contributed by atoms with Gasteiger partial charge in [0.25, 0.3) is 5.91 Å². The Morgan fingerprint density at radius 3 is 3.00 bits per heavy atom. The Balaban J connectivity index is 1.50. The fourth-order valence-electron chi connectivity index (χ4n) is 4.14. The van der Waals surface area contributed by atoms with Gasteiger partial charge in [-0.2, -0.15) is 5.10 Å². The third-order valence-corrected chi connectivity index (χ3v) is 6.69. The zero-order valence-electron chi connectivity index (χ0n) is 18.2. The van der Waals surface area contributed by atoms with E-state index in [1.807, 2.05) is 10.1 Å². The van der Waals surface area contributed by atoms with Crippen molar-refractivity contribution in [3.8, 4) is 11.3 Å². The molecule has 5 rings (SSSR count). The molecule has 11 heteroatoms. The number of nitrogens with zero attached hydrogens (tertiary/aromatic N) is 6. The van der Waals surface area contributed by atoms with Crippen molar-refractivity contribution in [3.63, 3.8) is 0 Å². The molecule has 1 atom stereocenters. The van der Waals surface area contributed by atoms with Crippen LogP contribution in [0.3, 0.4) is 0 Å². The van der Waals surface area contributed by atoms with Crippen LogP contribution in [0.15, 0.2) is 55.0 Å². The molecule has 172 valence electrons. The standard InChI is InChI=1S/C23H22N8O2S/c1-2-18(32)30-8-4-6-16(11-30)31-22-19(21(24)26-13-27-22)20(29-31)14-9-17(34-12-14)23(33)28-15-5-3-7-25-10-15/h2-3,5,7,9-10,12-13,16H,1,4,6,8,11H2,(H,28,33)(H2,24,26,27). The van der Waals surface area contributed by atoms with E-state index in [0.29, 0.717) is 46.2 Å². The van der Waals surface area contributed by atoms with Crippen LogP contribution in [0.4, 0.5) is 11.5 Å². The molecule has 34 heavy (non-hydrogen) atoms. The van der Waals surface area contributed by atoms with Crippen molar-refractivity contribution in [2.75, 3.05) is 24.1 Å². The lowest BCUT2D eigenvalue weighted by molar-refractivity contribution is -0.127. The number of hydrogen-bond acceptors (Lipinski definition) is 8. The number of fused-ring (bicyclic) bond motifs is 1. The fourth-order valence-corrected chi connectivity index (χ4v) is 4.93. The van der Waals surface area contributed by atoms with E-state index in [-0.39, 0.29) is 17.9 Å². The fraction of sp³-hybridized carbons (Fsp3) is 0.217. The smallest absolute Gasteiger partial charge is 0.265 e. The van der Waals surface area contributed by atoms with Crippen LogP contribution in [0, 0.1) is 0 Å². The molecule has 2 amide bonds. The number of rotatable bonds is 5. The Bertz CT molecular complexity index is 1380. The Hall–Kier alpha value is -4.12. The van der Waals surface area contributed by atoms with Gasteiger partial charge in [0.2, 0.25) is 5.91 Å². The van der Waals surface area contributed by atoms with E-state index in [1.165, 1.54) is 23.7 Å². The second-order valence-corrected chi connectivity index (χ2v) is 8.84. The quantitative estimate of drug-likeness (QED) is 0.425. The number of nitrogen functional groups attached to an aromatic ring is 1. The van der Waals surface area contributed by atoms with Crippen LogP contribution < -0.4 is 11.1 Å². The first-order chi connectivity index (χ1) is 16.5. The Morgan fingerprint density at radius 1 is 1.32 bits per heavy atom. The first kappa shape index (κ1) is 21.7. The van der Waals surface area contributed by atoms with Crippen LogP contribution in [-0.2, 0) is 4.79 Å². The van der Waals surface area contributed by atoms with Crippen LogP contribution in [0.2, 0.25) is 0 Å². The Morgan fingerprint density at radius 2 is 2.21 bits per heavy atom. The van der Waals surface area contributed by atoms with Crippen LogP contribution in [0.25, 0.3) is 22.3 Å². The van der Waals surface area contributed by atoms with Crippen molar-refractivity contribution in [3.05, 3.63) is 59.8 Å². The minimum atomic E-state index is -0.233. The molecule has 3 N–H and O–H groups in total. The number of hydrogen-bond donors (Lipinski definition) is 2. The number of pyridine rings is 1. The van der Waals surface area contributed by atoms with Crippen LogP contribution in [0.5, 0.6) is 0 Å². The van der Waals surface area contributed by atoms with Gasteiger partial charge in [-0.1, -0.05) is 6.58 Å². The molecule has 0 aliphatic carbocycles. The van der Waals surface area contributed by atoms with Crippen molar-refractivity contribution >= 4 is 45.7 Å². The number of aromatic nitrogens is 5. The molecule has 5 heterocycles. The molecule has 1 unspecified atom stereocenters. The van der Waals surface area contributed by atoms with Crippen LogP contribution >= 0.6 is 11.3 Å². The predicted molar refractivity (Wildman–Crippen MR) is 130 cm³/mol. The SMILES string of the molecule is C=CC(=O)N1CCCC(n2nc(-c3csc(C(=O)Nc4cccnc4)c3)c3c(N)ncnc32)C1. The Kier molecular flexibility index (Phi) is 5.76. The summed E-state index contributed by atoms with van der Waals surface area (Å²) in [6, 6.07) is 5.25. The van der Waals surface area contributed by atoms with Gasteiger partial charge in [0.05, 0.1) is 28.2 Å². The molecule has 4 aromatic rings. The van der Waals surface area contributed by atoms with Gasteiger partial charge in [-0.15, -0.1) is 11.3 Å². The molecule has 0 bridgehead atoms. The number of nitrogens with one attached hydrogen (secondary N) is 1. The molecule has 0 aromatic carbocycles. The highest BCUT2D eigenvalue weighted by Crippen LogP contribution is 2.35. The maximum absolute atomic E-state index is 12.7. The monoisotopic (exact) mass is 474 g/mol. The van der Waals surface area contributed by atoms with E-state index >= 15 is 0 Å². The second kappa shape index (κ2) is 9.02. The van der Waals surface area contributed by atoms with Crippen molar-refractivity contribution in [1.82, 2.24) is 29.6 Å². The molecular formula is C23H22N8O2S. The van der Waals surface area contributed by atoms with E-state index in [2.05, 4.69) is 26.8 Å². The van der Waals surface area contributed by atoms with Gasteiger partial charge in [0.1, 0.15) is 17.8 Å². The summed E-state index contributed by atoms with van der Waals surface area (Å²) in [6.07, 6.45) is 7.67. The molecule has 1 fully saturated rings. The molecule has 10 nitrogen and oxygen atoms in total. The first-order valence-electron chi connectivity index (χ1n) is 10.8. The van der Waals surface area contributed by atoms with E-state index in [0.717, 1.165) is 18.4 Å². The Labute approximate surface area is 199 Å². The first-order valence-corrected chi connectivity index (χ1v) is 11.6. The summed E-state index contributed by atoms with van der Waals surface area (Å²) in [5.41, 5.74) is 8.82. The van der Waals surface area contributed by atoms with E-state index in [4.69, 9.17) is 10.8 Å². The average Bonchev–Trinajstić information content (AvgIpc) is 3.50. The van der Waals surface area contributed by atoms with Gasteiger partial charge in [-0.3, -0.25) is 14.6 Å². The summed E-state index contributed by atoms with van der Waals surface area (Å²) in [6.45, 7) is 4.79. The van der Waals surface area contributed by atoms with Gasteiger partial charge < -0.3 is 16.0 Å². The third kappa shape index (κ3) is 4.01. The number of carbonyl (C=O) groups excluding carboxylic acids is 2. The second-order valence-electron chi connectivity index (χ2n) is 7.93. The van der Waals surface area contributed by atoms with E-state index in [1.54, 1.807) is 35.5 Å². The highest BCUT2D eigenvalue weighted by molar-refractivity contribution is 7.12. The van der Waals surface area contributed by atoms with Gasteiger partial charge in [0, 0.05) is 30.2 Å². The number of piperidine rings is 1. The number of carbonyl (C=O) groups is 2. The number of nitrogens with two attached hydrogens (primary N) is 1. The summed E-state index contributed by atoms with van der Waals surface area (Å²) in [4.78, 5) is 39.8. The molecule has 1 saturated heterocycles. The van der Waals surface area contributed by atoms with Crippen molar-refractivity contribution in [1.29, 1.82) is 0 Å². The van der Waals surface area contributed by atoms with Crippen LogP contribution in [0.1, 0.15) is 28.6 Å². The van der Waals surface area contributed by atoms with Gasteiger partial charge >= 0.3 is 0 Å². The van der Waals surface area contributed by atoms with Crippen molar-refractivity contribution in [2.24, 2.45) is 0 Å². The summed E-state index contributed by atoms with van der Waals surface area (Å²) in [7, 11) is 0. The molecule has 1 aliphatic heterocycles. The molecule has 1 aliphatic rings. The highest BCUT2D eigenvalue weighted by atomic mass is 32.1. The molecular weight excluding hydrogens is 452 g/mol. The number of amides is 2. The van der Waals surface area contributed by atoms with Crippen molar-refractivity contribution in [2.45, 2.75) is 18.9 Å². The average molecular weight is 475 g/mol. The number of thiophene rings is 1. The number of anilines is 2. The minimum absolute atomic E-state index is 0.0600. The zero-order valence-corrected chi connectivity index (χ0v) is 19.0. The topological polar surface area (TPSA) is 132 Å². The maximum Gasteiger partial charge on any atom is 0.265 e. The van der Waals surface area contributed by atoms with Crippen molar-refractivity contribution < 1.29 is 9.59 Å². The molecule has 0 radical (unpaired) electrons. The third-order valence-electron chi connectivity index (χ3n) is 5.76. The number of likely N-dealkylation sites (tertiary alicyclic amines) is 1. The van der Waals surface area contributed by atoms with E-state index < -0.39 is 0 Å². The van der Waals surface area contributed by atoms with E-state index in [9.17, 15) is 9.59 Å². The van der Waals surface area contributed by atoms with Gasteiger partial charge in [0.15, 0.2) is 5.65 Å². The highest BCUT2D eigenvalue weighted by Gasteiger charge is 2.28. The summed E-state index contributed by atoms with van der Waals surface area (Å²) in [5.74, 6) is -0.0191. The van der Waals surface area contributed by atoms with Crippen LogP contribution in [-0.4, -0.2) is 54.5 Å².